The molecule has 1 heterocycles. The highest BCUT2D eigenvalue weighted by Gasteiger charge is 2.10. The number of hydrogen-bond donors (Lipinski definition) is 2. The number of nitrogens with one attached hydrogen (secondary N) is 1. The van der Waals surface area contributed by atoms with E-state index in [1.807, 2.05) is 6.92 Å². The zero-order chi connectivity index (χ0) is 14.5. The first-order valence-corrected chi connectivity index (χ1v) is 6.01. The van der Waals surface area contributed by atoms with Crippen LogP contribution in [-0.2, 0) is 0 Å². The highest BCUT2D eigenvalue weighted by atomic mass is 16.6. The van der Waals surface area contributed by atoms with Crippen LogP contribution in [0.4, 0.5) is 11.5 Å². The molecule has 1 unspecified atom stereocenters. The first-order valence-electron chi connectivity index (χ1n) is 6.01. The molecule has 2 rings (SSSR count). The van der Waals surface area contributed by atoms with Crippen molar-refractivity contribution >= 4 is 11.5 Å². The fourth-order valence-corrected chi connectivity index (χ4v) is 1.69. The third-order valence-corrected chi connectivity index (χ3v) is 2.77. The SMILES string of the molecule is Cc1cc(NCC(O)c2ccc([N+](=O)[O-])cc2)ncn1. The van der Waals surface area contributed by atoms with Crippen LogP contribution in [0.2, 0.25) is 0 Å². The lowest BCUT2D eigenvalue weighted by Gasteiger charge is -2.12. The molecule has 0 fully saturated rings. The molecule has 0 saturated heterocycles. The third kappa shape index (κ3) is 3.48. The Balaban J connectivity index is 1.97. The van der Waals surface area contributed by atoms with Crippen molar-refractivity contribution in [1.29, 1.82) is 0 Å². The Morgan fingerprint density at radius 2 is 2.05 bits per heavy atom. The fraction of sp³-hybridized carbons (Fsp3) is 0.231. The summed E-state index contributed by atoms with van der Waals surface area (Å²) in [5.74, 6) is 0.624. The summed E-state index contributed by atoms with van der Waals surface area (Å²) in [6.07, 6.45) is 0.668. The standard InChI is InChI=1S/C13H14N4O3/c1-9-6-13(16-8-15-9)14-7-12(18)10-2-4-11(5-3-10)17(19)20/h2-6,8,12,18H,7H2,1H3,(H,14,15,16). The van der Waals surface area contributed by atoms with E-state index in [-0.39, 0.29) is 12.2 Å². The number of nitrogens with zero attached hydrogens (tertiary/aromatic N) is 3. The van der Waals surface area contributed by atoms with Gasteiger partial charge in [-0.15, -0.1) is 0 Å². The summed E-state index contributed by atoms with van der Waals surface area (Å²) in [6.45, 7) is 2.11. The number of aromatic nitrogens is 2. The van der Waals surface area contributed by atoms with E-state index in [4.69, 9.17) is 0 Å². The van der Waals surface area contributed by atoms with Crippen LogP contribution in [0.5, 0.6) is 0 Å². The molecule has 7 nitrogen and oxygen atoms in total. The van der Waals surface area contributed by atoms with Crippen molar-refractivity contribution in [2.75, 3.05) is 11.9 Å². The Morgan fingerprint density at radius 1 is 1.35 bits per heavy atom. The Bertz CT molecular complexity index is 601. The van der Waals surface area contributed by atoms with Gasteiger partial charge in [-0.3, -0.25) is 10.1 Å². The van der Waals surface area contributed by atoms with Crippen molar-refractivity contribution in [2.24, 2.45) is 0 Å². The minimum atomic E-state index is -0.772. The van der Waals surface area contributed by atoms with Crippen LogP contribution in [0.3, 0.4) is 0 Å². The summed E-state index contributed by atoms with van der Waals surface area (Å²) < 4.78 is 0. The fourth-order valence-electron chi connectivity index (χ4n) is 1.69. The molecule has 1 aromatic heterocycles. The lowest BCUT2D eigenvalue weighted by atomic mass is 10.1. The summed E-state index contributed by atoms with van der Waals surface area (Å²) in [7, 11) is 0. The number of benzene rings is 1. The maximum Gasteiger partial charge on any atom is 0.269 e. The molecule has 2 N–H and O–H groups in total. The molecule has 0 radical (unpaired) electrons. The quantitative estimate of drug-likeness (QED) is 0.637. The minimum absolute atomic E-state index is 0.000310. The Morgan fingerprint density at radius 3 is 2.65 bits per heavy atom. The average Bonchev–Trinajstić information content (AvgIpc) is 2.45. The van der Waals surface area contributed by atoms with Gasteiger partial charge in [-0.05, 0) is 24.6 Å². The van der Waals surface area contributed by atoms with Crippen LogP contribution in [-0.4, -0.2) is 26.5 Å². The number of hydrogen-bond acceptors (Lipinski definition) is 6. The zero-order valence-electron chi connectivity index (χ0n) is 10.9. The number of nitro benzene ring substituents is 1. The van der Waals surface area contributed by atoms with E-state index >= 15 is 0 Å². The maximum atomic E-state index is 10.5. The van der Waals surface area contributed by atoms with Gasteiger partial charge < -0.3 is 10.4 Å². The molecule has 1 aromatic carbocycles. The van der Waals surface area contributed by atoms with Crippen LogP contribution in [0.15, 0.2) is 36.7 Å². The van der Waals surface area contributed by atoms with Gasteiger partial charge in [0, 0.05) is 30.4 Å². The van der Waals surface area contributed by atoms with Gasteiger partial charge in [0.15, 0.2) is 0 Å². The summed E-state index contributed by atoms with van der Waals surface area (Å²) >= 11 is 0. The number of rotatable bonds is 5. The first kappa shape index (κ1) is 13.9. The first-order chi connectivity index (χ1) is 9.56. The monoisotopic (exact) mass is 274 g/mol. The zero-order valence-corrected chi connectivity index (χ0v) is 10.9. The highest BCUT2D eigenvalue weighted by Crippen LogP contribution is 2.18. The molecule has 0 spiro atoms. The number of nitro groups is 1. The van der Waals surface area contributed by atoms with Crippen molar-refractivity contribution < 1.29 is 10.0 Å². The highest BCUT2D eigenvalue weighted by molar-refractivity contribution is 5.37. The predicted molar refractivity (Wildman–Crippen MR) is 73.3 cm³/mol. The maximum absolute atomic E-state index is 10.5. The number of aliphatic hydroxyl groups is 1. The summed E-state index contributed by atoms with van der Waals surface area (Å²) in [5, 5.41) is 23.5. The predicted octanol–water partition coefficient (Wildman–Crippen LogP) is 1.84. The van der Waals surface area contributed by atoms with Gasteiger partial charge in [0.25, 0.3) is 5.69 Å². The Kier molecular flexibility index (Phi) is 4.21. The topological polar surface area (TPSA) is 101 Å². The van der Waals surface area contributed by atoms with Crippen molar-refractivity contribution in [3.63, 3.8) is 0 Å². The van der Waals surface area contributed by atoms with Crippen LogP contribution in [0.25, 0.3) is 0 Å². The molecule has 2 aromatic rings. The van der Waals surface area contributed by atoms with Crippen molar-refractivity contribution in [3.05, 3.63) is 58.0 Å². The third-order valence-electron chi connectivity index (χ3n) is 2.77. The van der Waals surface area contributed by atoms with E-state index in [1.165, 1.54) is 30.6 Å². The molecule has 7 heteroatoms. The van der Waals surface area contributed by atoms with Gasteiger partial charge in [-0.2, -0.15) is 0 Å². The summed E-state index contributed by atoms with van der Waals surface area (Å²) in [6, 6.07) is 7.58. The van der Waals surface area contributed by atoms with Gasteiger partial charge in [0.1, 0.15) is 12.1 Å². The molecule has 20 heavy (non-hydrogen) atoms. The lowest BCUT2D eigenvalue weighted by Crippen LogP contribution is -2.13. The van der Waals surface area contributed by atoms with Crippen LogP contribution in [0.1, 0.15) is 17.4 Å². The van der Waals surface area contributed by atoms with Gasteiger partial charge >= 0.3 is 0 Å². The normalized spacial score (nSPS) is 11.9. The second-order valence-corrected chi connectivity index (χ2v) is 4.29. The number of anilines is 1. The number of aliphatic hydroxyl groups excluding tert-OH is 1. The summed E-state index contributed by atoms with van der Waals surface area (Å²) in [5.41, 5.74) is 1.43. The molecule has 0 aliphatic carbocycles. The van der Waals surface area contributed by atoms with E-state index in [2.05, 4.69) is 15.3 Å². The minimum Gasteiger partial charge on any atom is -0.387 e. The number of aryl methyl sites for hydroxylation is 1. The Labute approximate surface area is 115 Å². The molecule has 1 atom stereocenters. The van der Waals surface area contributed by atoms with E-state index in [0.717, 1.165) is 5.69 Å². The lowest BCUT2D eigenvalue weighted by molar-refractivity contribution is -0.384. The van der Waals surface area contributed by atoms with E-state index < -0.39 is 11.0 Å². The van der Waals surface area contributed by atoms with Crippen LogP contribution < -0.4 is 5.32 Å². The second-order valence-electron chi connectivity index (χ2n) is 4.29. The van der Waals surface area contributed by atoms with Gasteiger partial charge in [-0.1, -0.05) is 0 Å². The smallest absolute Gasteiger partial charge is 0.269 e. The Hall–Kier alpha value is -2.54. The molecule has 0 amide bonds. The van der Waals surface area contributed by atoms with E-state index in [0.29, 0.717) is 11.4 Å². The largest absolute Gasteiger partial charge is 0.387 e. The second kappa shape index (κ2) is 6.07. The van der Waals surface area contributed by atoms with Crippen molar-refractivity contribution in [3.8, 4) is 0 Å². The molecule has 104 valence electrons. The van der Waals surface area contributed by atoms with E-state index in [1.54, 1.807) is 6.07 Å². The molecular formula is C13H14N4O3. The van der Waals surface area contributed by atoms with E-state index in [9.17, 15) is 15.2 Å². The van der Waals surface area contributed by atoms with Crippen LogP contribution in [0, 0.1) is 17.0 Å². The molecule has 0 aliphatic rings. The van der Waals surface area contributed by atoms with Crippen molar-refractivity contribution in [2.45, 2.75) is 13.0 Å². The van der Waals surface area contributed by atoms with Gasteiger partial charge in [0.2, 0.25) is 0 Å². The van der Waals surface area contributed by atoms with Crippen molar-refractivity contribution in [1.82, 2.24) is 9.97 Å². The van der Waals surface area contributed by atoms with Gasteiger partial charge in [0.05, 0.1) is 11.0 Å². The number of non-ortho nitro benzene ring substituents is 1. The van der Waals surface area contributed by atoms with Crippen LogP contribution >= 0.6 is 0 Å². The molecule has 0 bridgehead atoms. The summed E-state index contributed by atoms with van der Waals surface area (Å²) in [4.78, 5) is 18.1. The molecule has 0 saturated carbocycles. The molecule has 0 aliphatic heterocycles. The molecular weight excluding hydrogens is 260 g/mol. The average molecular weight is 274 g/mol. The van der Waals surface area contributed by atoms with Gasteiger partial charge in [-0.25, -0.2) is 9.97 Å².